The van der Waals surface area contributed by atoms with Crippen LogP contribution in [0.2, 0.25) is 0 Å². The molecule has 0 aromatic carbocycles. The first kappa shape index (κ1) is 10.8. The molecule has 0 aliphatic heterocycles. The van der Waals surface area contributed by atoms with Crippen LogP contribution in [0, 0.1) is 18.3 Å². The summed E-state index contributed by atoms with van der Waals surface area (Å²) in [5.41, 5.74) is 2.21. The molecule has 0 saturated heterocycles. The van der Waals surface area contributed by atoms with E-state index in [0.717, 1.165) is 36.5 Å². The first-order valence-corrected chi connectivity index (χ1v) is 5.17. The van der Waals surface area contributed by atoms with Gasteiger partial charge in [0.2, 0.25) is 0 Å². The first-order chi connectivity index (χ1) is 6.72. The molecule has 1 atom stereocenters. The number of hydrogen-bond donors (Lipinski definition) is 1. The molecule has 3 nitrogen and oxygen atoms in total. The van der Waals surface area contributed by atoms with E-state index in [-0.39, 0.29) is 5.92 Å². The number of rotatable bonds is 4. The van der Waals surface area contributed by atoms with E-state index in [4.69, 9.17) is 5.26 Å². The Balaban J connectivity index is 2.90. The van der Waals surface area contributed by atoms with Crippen LogP contribution in [-0.4, -0.2) is 9.97 Å². The molecule has 76 valence electrons. The summed E-state index contributed by atoms with van der Waals surface area (Å²) in [6.45, 7) is 6.16. The van der Waals surface area contributed by atoms with Gasteiger partial charge in [0, 0.05) is 5.69 Å². The van der Waals surface area contributed by atoms with Crippen LogP contribution in [0.5, 0.6) is 0 Å². The number of aromatic nitrogens is 2. The summed E-state index contributed by atoms with van der Waals surface area (Å²) in [4.78, 5) is 7.66. The van der Waals surface area contributed by atoms with Crippen molar-refractivity contribution in [2.45, 2.75) is 46.0 Å². The molecule has 0 aliphatic carbocycles. The van der Waals surface area contributed by atoms with Crippen LogP contribution in [0.25, 0.3) is 0 Å². The third kappa shape index (κ3) is 2.14. The van der Waals surface area contributed by atoms with Crippen molar-refractivity contribution in [3.05, 3.63) is 17.2 Å². The second kappa shape index (κ2) is 4.80. The average Bonchev–Trinajstić information content (AvgIpc) is 2.51. The quantitative estimate of drug-likeness (QED) is 0.795. The molecule has 0 aliphatic rings. The highest BCUT2D eigenvalue weighted by molar-refractivity contribution is 5.18. The molecular weight excluding hydrogens is 174 g/mol. The number of imidazole rings is 1. The van der Waals surface area contributed by atoms with Crippen molar-refractivity contribution in [1.29, 1.82) is 5.26 Å². The number of nitrogens with one attached hydrogen (secondary N) is 1. The molecule has 0 fully saturated rings. The maximum atomic E-state index is 8.90. The Morgan fingerprint density at radius 3 is 2.71 bits per heavy atom. The minimum Gasteiger partial charge on any atom is -0.345 e. The lowest BCUT2D eigenvalue weighted by atomic mass is 10.1. The van der Waals surface area contributed by atoms with Crippen LogP contribution in [-0.2, 0) is 6.42 Å². The van der Waals surface area contributed by atoms with E-state index in [1.54, 1.807) is 0 Å². The van der Waals surface area contributed by atoms with Gasteiger partial charge in [-0.1, -0.05) is 20.3 Å². The lowest BCUT2D eigenvalue weighted by molar-refractivity contribution is 0.758. The Kier molecular flexibility index (Phi) is 3.70. The monoisotopic (exact) mass is 191 g/mol. The molecule has 1 aromatic rings. The van der Waals surface area contributed by atoms with E-state index in [9.17, 15) is 0 Å². The predicted molar refractivity (Wildman–Crippen MR) is 56.0 cm³/mol. The number of aromatic amines is 1. The zero-order valence-corrected chi connectivity index (χ0v) is 9.09. The third-order valence-electron chi connectivity index (χ3n) is 2.38. The number of hydrogen-bond acceptors (Lipinski definition) is 2. The molecule has 1 heterocycles. The van der Waals surface area contributed by atoms with Crippen LogP contribution in [0.3, 0.4) is 0 Å². The average molecular weight is 191 g/mol. The van der Waals surface area contributed by atoms with Gasteiger partial charge in [-0.15, -0.1) is 0 Å². The fourth-order valence-electron chi connectivity index (χ4n) is 1.51. The zero-order valence-electron chi connectivity index (χ0n) is 9.09. The van der Waals surface area contributed by atoms with Crippen molar-refractivity contribution in [2.75, 3.05) is 0 Å². The molecule has 14 heavy (non-hydrogen) atoms. The van der Waals surface area contributed by atoms with Gasteiger partial charge in [0.05, 0.1) is 11.8 Å². The van der Waals surface area contributed by atoms with Crippen LogP contribution in [0.1, 0.15) is 49.8 Å². The van der Waals surface area contributed by atoms with Gasteiger partial charge in [0.25, 0.3) is 0 Å². The molecule has 0 amide bonds. The number of H-pyrrole nitrogens is 1. The lowest BCUT2D eigenvalue weighted by Crippen LogP contribution is -1.96. The van der Waals surface area contributed by atoms with E-state index in [1.165, 1.54) is 0 Å². The molecule has 0 saturated carbocycles. The molecular formula is C11H17N3. The Hall–Kier alpha value is -1.30. The fourth-order valence-corrected chi connectivity index (χ4v) is 1.51. The summed E-state index contributed by atoms with van der Waals surface area (Å²) < 4.78 is 0. The molecule has 1 rings (SSSR count). The maximum absolute atomic E-state index is 8.90. The third-order valence-corrected chi connectivity index (χ3v) is 2.38. The Morgan fingerprint density at radius 2 is 2.21 bits per heavy atom. The molecule has 0 spiro atoms. The van der Waals surface area contributed by atoms with Gasteiger partial charge in [-0.2, -0.15) is 5.26 Å². The summed E-state index contributed by atoms with van der Waals surface area (Å²) in [5, 5.41) is 8.90. The fraction of sp³-hybridized carbons (Fsp3) is 0.636. The predicted octanol–water partition coefficient (Wildman–Crippen LogP) is 2.69. The maximum Gasteiger partial charge on any atom is 0.123 e. The van der Waals surface area contributed by atoms with Gasteiger partial charge >= 0.3 is 0 Å². The normalized spacial score (nSPS) is 12.4. The SMILES string of the molecule is CCCc1nc(C(C#N)CC)[nH]c1C. The summed E-state index contributed by atoms with van der Waals surface area (Å²) >= 11 is 0. The van der Waals surface area contributed by atoms with Gasteiger partial charge in [0.1, 0.15) is 11.7 Å². The molecule has 1 N–H and O–H groups in total. The largest absolute Gasteiger partial charge is 0.345 e. The van der Waals surface area contributed by atoms with E-state index in [2.05, 4.69) is 23.0 Å². The summed E-state index contributed by atoms with van der Waals surface area (Å²) in [6.07, 6.45) is 2.90. The standard InChI is InChI=1S/C11H17N3/c1-4-6-10-8(3)13-11(14-10)9(5-2)7-12/h9H,4-6H2,1-3H3,(H,13,14). The van der Waals surface area contributed by atoms with Crippen molar-refractivity contribution < 1.29 is 0 Å². The van der Waals surface area contributed by atoms with Gasteiger partial charge in [-0.25, -0.2) is 4.98 Å². The van der Waals surface area contributed by atoms with Crippen LogP contribution >= 0.6 is 0 Å². The van der Waals surface area contributed by atoms with Gasteiger partial charge in [0.15, 0.2) is 0 Å². The summed E-state index contributed by atoms with van der Waals surface area (Å²) in [7, 11) is 0. The second-order valence-corrected chi connectivity index (χ2v) is 3.53. The van der Waals surface area contributed by atoms with Crippen LogP contribution in [0.4, 0.5) is 0 Å². The van der Waals surface area contributed by atoms with Crippen molar-refractivity contribution in [1.82, 2.24) is 9.97 Å². The zero-order chi connectivity index (χ0) is 10.6. The van der Waals surface area contributed by atoms with Crippen LogP contribution in [0.15, 0.2) is 0 Å². The summed E-state index contributed by atoms with van der Waals surface area (Å²) in [5.74, 6) is 0.746. The smallest absolute Gasteiger partial charge is 0.123 e. The van der Waals surface area contributed by atoms with E-state index < -0.39 is 0 Å². The van der Waals surface area contributed by atoms with Crippen LogP contribution < -0.4 is 0 Å². The van der Waals surface area contributed by atoms with Gasteiger partial charge in [-0.3, -0.25) is 0 Å². The van der Waals surface area contributed by atoms with E-state index >= 15 is 0 Å². The minimum absolute atomic E-state index is 0.0840. The van der Waals surface area contributed by atoms with Crippen molar-refractivity contribution >= 4 is 0 Å². The number of aryl methyl sites for hydroxylation is 2. The highest BCUT2D eigenvalue weighted by Crippen LogP contribution is 2.17. The van der Waals surface area contributed by atoms with Gasteiger partial charge in [-0.05, 0) is 19.8 Å². The van der Waals surface area contributed by atoms with Crippen molar-refractivity contribution in [2.24, 2.45) is 0 Å². The van der Waals surface area contributed by atoms with Crippen molar-refractivity contribution in [3.63, 3.8) is 0 Å². The second-order valence-electron chi connectivity index (χ2n) is 3.53. The Morgan fingerprint density at radius 1 is 1.50 bits per heavy atom. The number of nitriles is 1. The van der Waals surface area contributed by atoms with Gasteiger partial charge < -0.3 is 4.98 Å². The highest BCUT2D eigenvalue weighted by atomic mass is 14.9. The van der Waals surface area contributed by atoms with E-state index in [1.807, 2.05) is 13.8 Å². The first-order valence-electron chi connectivity index (χ1n) is 5.17. The Labute approximate surface area is 85.2 Å². The van der Waals surface area contributed by atoms with E-state index in [0.29, 0.717) is 0 Å². The van der Waals surface area contributed by atoms with Crippen molar-refractivity contribution in [3.8, 4) is 6.07 Å². The molecule has 1 aromatic heterocycles. The topological polar surface area (TPSA) is 52.5 Å². The molecule has 0 radical (unpaired) electrons. The lowest BCUT2D eigenvalue weighted by Gasteiger charge is -1.99. The highest BCUT2D eigenvalue weighted by Gasteiger charge is 2.13. The Bertz CT molecular complexity index is 333. The molecule has 0 bridgehead atoms. The minimum atomic E-state index is -0.0840. The molecule has 3 heteroatoms. The number of nitrogens with zero attached hydrogens (tertiary/aromatic N) is 2. The summed E-state index contributed by atoms with van der Waals surface area (Å²) in [6, 6.07) is 2.26. The molecule has 1 unspecified atom stereocenters.